The summed E-state index contributed by atoms with van der Waals surface area (Å²) in [5, 5.41) is 8.01. The Balaban J connectivity index is 1.65. The molecule has 1 fully saturated rings. The van der Waals surface area contributed by atoms with Gasteiger partial charge in [0.2, 0.25) is 23.6 Å². The molecule has 3 rings (SSSR count). The third-order valence-electron chi connectivity index (χ3n) is 7.30. The van der Waals surface area contributed by atoms with E-state index < -0.39 is 29.2 Å². The monoisotopic (exact) mass is 553 g/mol. The second-order valence-electron chi connectivity index (χ2n) is 10.8. The minimum absolute atomic E-state index is 0.0447. The van der Waals surface area contributed by atoms with Crippen molar-refractivity contribution in [2.45, 2.75) is 58.0 Å². The van der Waals surface area contributed by atoms with Crippen molar-refractivity contribution in [1.29, 1.82) is 0 Å². The molecule has 10 heteroatoms. The number of benzene rings is 2. The number of likely N-dealkylation sites (N-methyl/N-ethyl adjacent to an activating group) is 1. The Morgan fingerprint density at radius 2 is 1.62 bits per heavy atom. The standard InChI is InChI=1S/C30H40FN5O4/c1-6-26(37)33-25(28(39)36-16-14-35(5)15-17-36)19-21-12-13-24(23(31)18-21)34-27(38)20(2)32-29(40)30(3,4)22-10-8-7-9-11-22/h7-13,18,20,25H,6,14-17,19H2,1-5H3,(H,32,40)(H,33,37)(H,34,38)/t20-,25+/m0/s1. The van der Waals surface area contributed by atoms with Crippen molar-refractivity contribution >= 4 is 29.3 Å². The predicted octanol–water partition coefficient (Wildman–Crippen LogP) is 2.46. The van der Waals surface area contributed by atoms with Crippen LogP contribution in [-0.2, 0) is 31.0 Å². The van der Waals surface area contributed by atoms with E-state index in [0.717, 1.165) is 18.7 Å². The molecule has 9 nitrogen and oxygen atoms in total. The summed E-state index contributed by atoms with van der Waals surface area (Å²) in [6.45, 7) is 9.38. The van der Waals surface area contributed by atoms with Gasteiger partial charge in [-0.2, -0.15) is 0 Å². The number of carbonyl (C=O) groups excluding carboxylic acids is 4. The number of halogens is 1. The van der Waals surface area contributed by atoms with Crippen molar-refractivity contribution in [3.63, 3.8) is 0 Å². The normalized spacial score (nSPS) is 15.6. The van der Waals surface area contributed by atoms with Crippen molar-refractivity contribution < 1.29 is 23.6 Å². The number of amides is 4. The average Bonchev–Trinajstić information content (AvgIpc) is 2.94. The maximum Gasteiger partial charge on any atom is 0.246 e. The minimum atomic E-state index is -0.913. The Morgan fingerprint density at radius 3 is 2.23 bits per heavy atom. The summed E-state index contributed by atoms with van der Waals surface area (Å²) >= 11 is 0. The van der Waals surface area contributed by atoms with Gasteiger partial charge in [-0.05, 0) is 51.1 Å². The fourth-order valence-electron chi connectivity index (χ4n) is 4.44. The number of nitrogens with zero attached hydrogens (tertiary/aromatic N) is 2. The molecule has 2 aromatic carbocycles. The summed E-state index contributed by atoms with van der Waals surface area (Å²) in [5.74, 6) is -2.04. The highest BCUT2D eigenvalue weighted by Crippen LogP contribution is 2.23. The van der Waals surface area contributed by atoms with Crippen LogP contribution in [0.5, 0.6) is 0 Å². The number of rotatable bonds is 10. The largest absolute Gasteiger partial charge is 0.344 e. The number of hydrogen-bond donors (Lipinski definition) is 3. The molecule has 0 unspecified atom stereocenters. The van der Waals surface area contributed by atoms with Crippen LogP contribution in [0.25, 0.3) is 0 Å². The quantitative estimate of drug-likeness (QED) is 0.419. The van der Waals surface area contributed by atoms with Gasteiger partial charge < -0.3 is 25.8 Å². The lowest BCUT2D eigenvalue weighted by molar-refractivity contribution is -0.137. The van der Waals surface area contributed by atoms with Crippen LogP contribution in [0.2, 0.25) is 0 Å². The summed E-state index contributed by atoms with van der Waals surface area (Å²) in [4.78, 5) is 54.9. The average molecular weight is 554 g/mol. The summed E-state index contributed by atoms with van der Waals surface area (Å²) in [6, 6.07) is 11.8. The van der Waals surface area contributed by atoms with E-state index in [2.05, 4.69) is 20.9 Å². The molecule has 40 heavy (non-hydrogen) atoms. The molecule has 0 aromatic heterocycles. The first-order valence-electron chi connectivity index (χ1n) is 13.6. The zero-order chi connectivity index (χ0) is 29.4. The Hall–Kier alpha value is -3.79. The molecule has 216 valence electrons. The molecule has 2 atom stereocenters. The molecular weight excluding hydrogens is 513 g/mol. The Kier molecular flexibility index (Phi) is 10.4. The number of carbonyl (C=O) groups is 4. The molecule has 1 saturated heterocycles. The molecule has 4 amide bonds. The van der Waals surface area contributed by atoms with Gasteiger partial charge in [0.1, 0.15) is 17.9 Å². The van der Waals surface area contributed by atoms with Crippen LogP contribution in [0.1, 0.15) is 45.2 Å². The number of hydrogen-bond acceptors (Lipinski definition) is 5. The first-order chi connectivity index (χ1) is 18.9. The van der Waals surface area contributed by atoms with Crippen LogP contribution < -0.4 is 16.0 Å². The number of piperazine rings is 1. The Labute approximate surface area is 235 Å². The molecule has 2 aromatic rings. The van der Waals surface area contributed by atoms with Crippen LogP contribution in [0, 0.1) is 5.82 Å². The zero-order valence-corrected chi connectivity index (χ0v) is 23.9. The van der Waals surface area contributed by atoms with E-state index in [-0.39, 0.29) is 36.3 Å². The first kappa shape index (κ1) is 30.7. The van der Waals surface area contributed by atoms with Crippen molar-refractivity contribution in [1.82, 2.24) is 20.4 Å². The molecule has 0 radical (unpaired) electrons. The zero-order valence-electron chi connectivity index (χ0n) is 23.9. The number of anilines is 1. The van der Waals surface area contributed by atoms with Gasteiger partial charge in [0.25, 0.3) is 0 Å². The summed E-state index contributed by atoms with van der Waals surface area (Å²) in [5.41, 5.74) is 0.400. The van der Waals surface area contributed by atoms with E-state index in [0.29, 0.717) is 18.7 Å². The summed E-state index contributed by atoms with van der Waals surface area (Å²) < 4.78 is 15.0. The molecule has 0 bridgehead atoms. The highest BCUT2D eigenvalue weighted by Gasteiger charge is 2.32. The van der Waals surface area contributed by atoms with Gasteiger partial charge in [-0.3, -0.25) is 19.2 Å². The van der Waals surface area contributed by atoms with Crippen molar-refractivity contribution in [2.75, 3.05) is 38.5 Å². The van der Waals surface area contributed by atoms with Gasteiger partial charge in [-0.15, -0.1) is 0 Å². The third-order valence-corrected chi connectivity index (χ3v) is 7.30. The summed E-state index contributed by atoms with van der Waals surface area (Å²) in [6.07, 6.45) is 0.339. The fraction of sp³-hybridized carbons (Fsp3) is 0.467. The SMILES string of the molecule is CCC(=O)N[C@H](Cc1ccc(NC(=O)[C@H](C)NC(=O)C(C)(C)c2ccccc2)c(F)c1)C(=O)N1CCN(C)CC1. The molecular formula is C30H40FN5O4. The highest BCUT2D eigenvalue weighted by atomic mass is 19.1. The molecule has 1 heterocycles. The molecule has 1 aliphatic heterocycles. The van der Waals surface area contributed by atoms with E-state index in [1.165, 1.54) is 19.1 Å². The lowest BCUT2D eigenvalue weighted by Crippen LogP contribution is -2.54. The molecule has 0 spiro atoms. The van der Waals surface area contributed by atoms with Crippen LogP contribution in [0.4, 0.5) is 10.1 Å². The van der Waals surface area contributed by atoms with Crippen molar-refractivity contribution in [3.05, 3.63) is 65.5 Å². The first-order valence-corrected chi connectivity index (χ1v) is 13.6. The molecule has 0 aliphatic carbocycles. The van der Waals surface area contributed by atoms with Crippen LogP contribution in [-0.4, -0.2) is 78.7 Å². The second-order valence-corrected chi connectivity index (χ2v) is 10.8. The van der Waals surface area contributed by atoms with E-state index >= 15 is 4.39 Å². The Morgan fingerprint density at radius 1 is 0.975 bits per heavy atom. The smallest absolute Gasteiger partial charge is 0.246 e. The van der Waals surface area contributed by atoms with Crippen LogP contribution in [0.3, 0.4) is 0 Å². The minimum Gasteiger partial charge on any atom is -0.344 e. The summed E-state index contributed by atoms with van der Waals surface area (Å²) in [7, 11) is 1.99. The van der Waals surface area contributed by atoms with Gasteiger partial charge in [0.05, 0.1) is 11.1 Å². The lowest BCUT2D eigenvalue weighted by Gasteiger charge is -2.34. The third kappa shape index (κ3) is 7.88. The fourth-order valence-corrected chi connectivity index (χ4v) is 4.44. The predicted molar refractivity (Wildman–Crippen MR) is 152 cm³/mol. The van der Waals surface area contributed by atoms with E-state index in [9.17, 15) is 19.2 Å². The van der Waals surface area contributed by atoms with E-state index in [1.54, 1.807) is 31.7 Å². The molecule has 1 aliphatic rings. The van der Waals surface area contributed by atoms with Gasteiger partial charge in [0.15, 0.2) is 0 Å². The van der Waals surface area contributed by atoms with Gasteiger partial charge in [0, 0.05) is 39.0 Å². The van der Waals surface area contributed by atoms with Crippen molar-refractivity contribution in [2.24, 2.45) is 0 Å². The Bertz CT molecular complexity index is 1210. The molecule has 3 N–H and O–H groups in total. The topological polar surface area (TPSA) is 111 Å². The molecule has 0 saturated carbocycles. The highest BCUT2D eigenvalue weighted by molar-refractivity contribution is 5.98. The van der Waals surface area contributed by atoms with Gasteiger partial charge in [-0.25, -0.2) is 4.39 Å². The maximum absolute atomic E-state index is 15.0. The van der Waals surface area contributed by atoms with Crippen LogP contribution >= 0.6 is 0 Å². The van der Waals surface area contributed by atoms with Crippen molar-refractivity contribution in [3.8, 4) is 0 Å². The van der Waals surface area contributed by atoms with Gasteiger partial charge in [-0.1, -0.05) is 43.3 Å². The van der Waals surface area contributed by atoms with Crippen LogP contribution in [0.15, 0.2) is 48.5 Å². The van der Waals surface area contributed by atoms with Gasteiger partial charge >= 0.3 is 0 Å². The maximum atomic E-state index is 15.0. The van der Waals surface area contributed by atoms with E-state index in [1.807, 2.05) is 37.4 Å². The second kappa shape index (κ2) is 13.5. The number of nitrogens with one attached hydrogen (secondary N) is 3. The van der Waals surface area contributed by atoms with E-state index in [4.69, 9.17) is 0 Å². The lowest BCUT2D eigenvalue weighted by atomic mass is 9.83.